The van der Waals surface area contributed by atoms with Crippen molar-refractivity contribution in [2.45, 2.75) is 26.3 Å². The molecule has 4 nitrogen and oxygen atoms in total. The van der Waals surface area contributed by atoms with E-state index in [-0.39, 0.29) is 5.43 Å². The van der Waals surface area contributed by atoms with Crippen LogP contribution in [0, 0.1) is 6.92 Å². The van der Waals surface area contributed by atoms with Gasteiger partial charge < -0.3 is 10.4 Å². The average molecular weight is 451 g/mol. The summed E-state index contributed by atoms with van der Waals surface area (Å²) < 4.78 is 1.85. The van der Waals surface area contributed by atoms with E-state index in [4.69, 9.17) is 11.6 Å². The zero-order valence-corrected chi connectivity index (χ0v) is 18.8. The normalized spacial score (nSPS) is 14.5. The Bertz CT molecular complexity index is 1360. The third-order valence-electron chi connectivity index (χ3n) is 5.93. The standard InChI is InChI=1S/C25H23ClN2O2S/c1-15-4-8-20(23-24(30)19-7-5-17(26)13-22(19)31-25(15)23)27-18-6-9-21(29)16(12-18)14-28-10-2-3-11-28/h4-9,12-13,27,29H,2-3,10-11,14H2,1H3. The van der Waals surface area contributed by atoms with Gasteiger partial charge in [0.1, 0.15) is 5.75 Å². The Morgan fingerprint density at radius 1 is 1.10 bits per heavy atom. The molecule has 1 aliphatic heterocycles. The van der Waals surface area contributed by atoms with E-state index in [1.54, 1.807) is 29.5 Å². The van der Waals surface area contributed by atoms with Crippen LogP contribution in [0.15, 0.2) is 53.3 Å². The monoisotopic (exact) mass is 450 g/mol. The quantitative estimate of drug-likeness (QED) is 0.278. The van der Waals surface area contributed by atoms with Gasteiger partial charge in [-0.1, -0.05) is 17.7 Å². The lowest BCUT2D eigenvalue weighted by molar-refractivity contribution is 0.324. The first-order chi connectivity index (χ1) is 15.0. The second-order valence-electron chi connectivity index (χ2n) is 8.16. The van der Waals surface area contributed by atoms with Gasteiger partial charge in [0, 0.05) is 37.6 Å². The molecular weight excluding hydrogens is 428 g/mol. The number of phenols is 1. The highest BCUT2D eigenvalue weighted by Crippen LogP contribution is 2.34. The van der Waals surface area contributed by atoms with Crippen molar-refractivity contribution < 1.29 is 5.11 Å². The molecule has 1 aromatic heterocycles. The molecule has 1 saturated heterocycles. The molecule has 2 heterocycles. The molecule has 6 heteroatoms. The van der Waals surface area contributed by atoms with Gasteiger partial charge >= 0.3 is 0 Å². The van der Waals surface area contributed by atoms with Crippen LogP contribution in [0.4, 0.5) is 11.4 Å². The lowest BCUT2D eigenvalue weighted by Gasteiger charge is -2.17. The van der Waals surface area contributed by atoms with Crippen molar-refractivity contribution in [3.05, 3.63) is 74.9 Å². The van der Waals surface area contributed by atoms with Crippen LogP contribution in [-0.2, 0) is 6.54 Å². The number of hydrogen-bond acceptors (Lipinski definition) is 5. The predicted octanol–water partition coefficient (Wildman–Crippen LogP) is 6.42. The minimum absolute atomic E-state index is 0.00249. The van der Waals surface area contributed by atoms with Crippen LogP contribution in [0.2, 0.25) is 5.02 Å². The Morgan fingerprint density at radius 2 is 1.90 bits per heavy atom. The van der Waals surface area contributed by atoms with E-state index in [1.165, 1.54) is 12.8 Å². The van der Waals surface area contributed by atoms with Crippen molar-refractivity contribution in [3.8, 4) is 5.75 Å². The van der Waals surface area contributed by atoms with Crippen molar-refractivity contribution in [2.75, 3.05) is 18.4 Å². The van der Waals surface area contributed by atoms with Crippen molar-refractivity contribution >= 4 is 54.5 Å². The number of hydrogen-bond donors (Lipinski definition) is 2. The maximum absolute atomic E-state index is 13.4. The van der Waals surface area contributed by atoms with Gasteiger partial charge in [-0.2, -0.15) is 0 Å². The Labute approximate surface area is 189 Å². The number of aryl methyl sites for hydroxylation is 1. The maximum Gasteiger partial charge on any atom is 0.197 e. The largest absolute Gasteiger partial charge is 0.508 e. The molecule has 1 aliphatic rings. The number of nitrogens with one attached hydrogen (secondary N) is 1. The van der Waals surface area contributed by atoms with Gasteiger partial charge in [0.2, 0.25) is 0 Å². The van der Waals surface area contributed by atoms with Crippen molar-refractivity contribution in [1.29, 1.82) is 0 Å². The zero-order valence-electron chi connectivity index (χ0n) is 17.2. The minimum atomic E-state index is 0.00249. The van der Waals surface area contributed by atoms with Crippen molar-refractivity contribution in [1.82, 2.24) is 4.90 Å². The smallest absolute Gasteiger partial charge is 0.197 e. The first-order valence-corrected chi connectivity index (χ1v) is 11.7. The molecule has 0 saturated carbocycles. The predicted molar refractivity (Wildman–Crippen MR) is 131 cm³/mol. The average Bonchev–Trinajstić information content (AvgIpc) is 3.26. The lowest BCUT2D eigenvalue weighted by atomic mass is 10.1. The fourth-order valence-electron chi connectivity index (χ4n) is 4.29. The number of phenolic OH excluding ortho intramolecular Hbond substituents is 1. The number of halogens is 1. The molecule has 3 aromatic carbocycles. The van der Waals surface area contributed by atoms with Gasteiger partial charge in [0.25, 0.3) is 0 Å². The van der Waals surface area contributed by atoms with Crippen LogP contribution in [0.1, 0.15) is 24.0 Å². The van der Waals surface area contributed by atoms with Crippen molar-refractivity contribution in [2.24, 2.45) is 0 Å². The van der Waals surface area contributed by atoms with E-state index in [1.807, 2.05) is 37.3 Å². The second-order valence-corrected chi connectivity index (χ2v) is 9.65. The van der Waals surface area contributed by atoms with E-state index >= 15 is 0 Å². The summed E-state index contributed by atoms with van der Waals surface area (Å²) in [6.45, 7) is 4.89. The number of anilines is 2. The van der Waals surface area contributed by atoms with Gasteiger partial charge in [-0.15, -0.1) is 11.3 Å². The van der Waals surface area contributed by atoms with Gasteiger partial charge in [0.15, 0.2) is 5.43 Å². The highest BCUT2D eigenvalue weighted by atomic mass is 35.5. The van der Waals surface area contributed by atoms with E-state index in [2.05, 4.69) is 10.2 Å². The molecule has 0 radical (unpaired) electrons. The highest BCUT2D eigenvalue weighted by Gasteiger charge is 2.16. The molecule has 0 unspecified atom stereocenters. The third kappa shape index (κ3) is 3.89. The van der Waals surface area contributed by atoms with E-state index in [0.717, 1.165) is 51.5 Å². The molecule has 31 heavy (non-hydrogen) atoms. The Kier molecular flexibility index (Phi) is 5.34. The van der Waals surface area contributed by atoms with Crippen LogP contribution in [0.25, 0.3) is 20.2 Å². The summed E-state index contributed by atoms with van der Waals surface area (Å²) in [7, 11) is 0. The molecule has 0 amide bonds. The van der Waals surface area contributed by atoms with Crippen LogP contribution in [0.5, 0.6) is 5.75 Å². The topological polar surface area (TPSA) is 52.6 Å². The molecule has 0 atom stereocenters. The molecule has 0 bridgehead atoms. The fourth-order valence-corrected chi connectivity index (χ4v) is 5.73. The SMILES string of the molecule is Cc1ccc(Nc2ccc(O)c(CN3CCCC3)c2)c2c(=O)c3ccc(Cl)cc3sc12. The maximum atomic E-state index is 13.4. The number of rotatable bonds is 4. The molecule has 2 N–H and O–H groups in total. The van der Waals surface area contributed by atoms with Crippen molar-refractivity contribution in [3.63, 3.8) is 0 Å². The van der Waals surface area contributed by atoms with Gasteiger partial charge in [-0.05, 0) is 80.9 Å². The number of benzene rings is 3. The summed E-state index contributed by atoms with van der Waals surface area (Å²) in [6, 6.07) is 15.0. The number of fused-ring (bicyclic) bond motifs is 2. The Morgan fingerprint density at radius 3 is 2.71 bits per heavy atom. The molecule has 158 valence electrons. The summed E-state index contributed by atoms with van der Waals surface area (Å²) >= 11 is 7.74. The summed E-state index contributed by atoms with van der Waals surface area (Å²) in [5, 5.41) is 15.8. The van der Waals surface area contributed by atoms with Gasteiger partial charge in [0.05, 0.1) is 11.1 Å². The minimum Gasteiger partial charge on any atom is -0.508 e. The van der Waals surface area contributed by atoms with Gasteiger partial charge in [-0.3, -0.25) is 9.69 Å². The first kappa shape index (κ1) is 20.3. The summed E-state index contributed by atoms with van der Waals surface area (Å²) in [5.41, 5.74) is 3.59. The van der Waals surface area contributed by atoms with E-state index in [0.29, 0.717) is 21.5 Å². The van der Waals surface area contributed by atoms with Crippen LogP contribution in [-0.4, -0.2) is 23.1 Å². The Balaban J connectivity index is 1.59. The second kappa shape index (κ2) is 8.15. The molecule has 4 aromatic rings. The van der Waals surface area contributed by atoms with Crippen LogP contribution >= 0.6 is 22.9 Å². The molecule has 5 rings (SSSR count). The molecular formula is C25H23ClN2O2S. The fraction of sp³-hybridized carbons (Fsp3) is 0.240. The lowest BCUT2D eigenvalue weighted by Crippen LogP contribution is -2.18. The number of nitrogens with zero attached hydrogens (tertiary/aromatic N) is 1. The zero-order chi connectivity index (χ0) is 21.5. The van der Waals surface area contributed by atoms with Gasteiger partial charge in [-0.25, -0.2) is 0 Å². The van der Waals surface area contributed by atoms with E-state index < -0.39 is 0 Å². The summed E-state index contributed by atoms with van der Waals surface area (Å²) in [5.74, 6) is 0.306. The van der Waals surface area contributed by atoms with Crippen LogP contribution in [0.3, 0.4) is 0 Å². The summed E-state index contributed by atoms with van der Waals surface area (Å²) in [4.78, 5) is 15.7. The molecule has 0 spiro atoms. The number of aromatic hydroxyl groups is 1. The highest BCUT2D eigenvalue weighted by molar-refractivity contribution is 7.24. The molecule has 0 aliphatic carbocycles. The van der Waals surface area contributed by atoms with E-state index in [9.17, 15) is 9.90 Å². The van der Waals surface area contributed by atoms with Crippen LogP contribution < -0.4 is 10.7 Å². The Hall–Kier alpha value is -2.60. The summed E-state index contributed by atoms with van der Waals surface area (Å²) in [6.07, 6.45) is 2.42. The molecule has 1 fully saturated rings. The first-order valence-electron chi connectivity index (χ1n) is 10.5. The third-order valence-corrected chi connectivity index (χ3v) is 7.46. The number of likely N-dealkylation sites (tertiary alicyclic amines) is 1.